The summed E-state index contributed by atoms with van der Waals surface area (Å²) in [6, 6.07) is 3.65. The fraction of sp³-hybridized carbons (Fsp3) is 0.455. The zero-order valence-electron chi connectivity index (χ0n) is 9.62. The van der Waals surface area contributed by atoms with E-state index >= 15 is 0 Å². The van der Waals surface area contributed by atoms with E-state index in [9.17, 15) is 0 Å². The highest BCUT2D eigenvalue weighted by Gasteiger charge is 2.12. The van der Waals surface area contributed by atoms with Gasteiger partial charge in [-0.25, -0.2) is 9.97 Å². The minimum atomic E-state index is -0.175. The smallest absolute Gasteiger partial charge is 0.179 e. The first-order chi connectivity index (χ1) is 7.44. The molecule has 0 spiro atoms. The van der Waals surface area contributed by atoms with Crippen LogP contribution in [0.2, 0.25) is 0 Å². The van der Waals surface area contributed by atoms with E-state index in [1.54, 1.807) is 6.07 Å². The molecule has 0 aliphatic carbocycles. The van der Waals surface area contributed by atoms with Crippen LogP contribution < -0.4 is 11.5 Å². The van der Waals surface area contributed by atoms with Crippen molar-refractivity contribution < 1.29 is 0 Å². The molecule has 0 saturated carbocycles. The monoisotopic (exact) mass is 219 g/mol. The molecule has 0 fully saturated rings. The van der Waals surface area contributed by atoms with Crippen LogP contribution in [0.3, 0.4) is 0 Å². The largest absolute Gasteiger partial charge is 0.384 e. The number of nitrogens with zero attached hydrogens (tertiary/aromatic N) is 2. The second-order valence-electron chi connectivity index (χ2n) is 4.78. The number of aryl methyl sites for hydroxylation is 1. The van der Waals surface area contributed by atoms with E-state index in [0.717, 1.165) is 24.2 Å². The number of nitrogens with two attached hydrogens (primary N) is 2. The van der Waals surface area contributed by atoms with Crippen LogP contribution in [-0.4, -0.2) is 20.5 Å². The first kappa shape index (κ1) is 10.9. The van der Waals surface area contributed by atoms with Crippen molar-refractivity contribution in [3.8, 4) is 0 Å². The SMILES string of the molecule is CC(C)(N)CCc1nc2nc(N)ccc2[nH]1. The Kier molecular flexibility index (Phi) is 2.55. The van der Waals surface area contributed by atoms with Crippen LogP contribution in [0.1, 0.15) is 26.1 Å². The van der Waals surface area contributed by atoms with Gasteiger partial charge in [-0.3, -0.25) is 0 Å². The van der Waals surface area contributed by atoms with E-state index in [1.165, 1.54) is 0 Å². The minimum Gasteiger partial charge on any atom is -0.384 e. The lowest BCUT2D eigenvalue weighted by molar-refractivity contribution is 0.472. The molecule has 0 atom stereocenters. The zero-order chi connectivity index (χ0) is 11.8. The highest BCUT2D eigenvalue weighted by Crippen LogP contribution is 2.14. The molecular formula is C11H17N5. The van der Waals surface area contributed by atoms with Gasteiger partial charge in [0.15, 0.2) is 5.65 Å². The zero-order valence-corrected chi connectivity index (χ0v) is 9.62. The van der Waals surface area contributed by atoms with Crippen LogP contribution in [0.4, 0.5) is 5.82 Å². The maximum atomic E-state index is 5.92. The maximum absolute atomic E-state index is 5.92. The third-order valence-corrected chi connectivity index (χ3v) is 2.42. The fourth-order valence-electron chi connectivity index (χ4n) is 1.52. The van der Waals surface area contributed by atoms with Gasteiger partial charge in [-0.05, 0) is 32.4 Å². The molecule has 5 heteroatoms. The molecule has 16 heavy (non-hydrogen) atoms. The van der Waals surface area contributed by atoms with Gasteiger partial charge in [-0.15, -0.1) is 0 Å². The first-order valence-corrected chi connectivity index (χ1v) is 5.34. The van der Waals surface area contributed by atoms with E-state index in [-0.39, 0.29) is 5.54 Å². The maximum Gasteiger partial charge on any atom is 0.179 e. The van der Waals surface area contributed by atoms with E-state index in [4.69, 9.17) is 11.5 Å². The molecule has 0 saturated heterocycles. The molecule has 5 N–H and O–H groups in total. The first-order valence-electron chi connectivity index (χ1n) is 5.34. The Balaban J connectivity index is 2.20. The number of nitrogens with one attached hydrogen (secondary N) is 1. The lowest BCUT2D eigenvalue weighted by Crippen LogP contribution is -2.32. The standard InChI is InChI=1S/C11H17N5/c1-11(2,13)6-5-9-14-7-3-4-8(12)15-10(7)16-9/h3-4H,5-6,13H2,1-2H3,(H3,12,14,15,16). The number of aromatic nitrogens is 3. The summed E-state index contributed by atoms with van der Waals surface area (Å²) in [5.41, 5.74) is 12.9. The van der Waals surface area contributed by atoms with Crippen molar-refractivity contribution in [3.63, 3.8) is 0 Å². The summed E-state index contributed by atoms with van der Waals surface area (Å²) >= 11 is 0. The molecule has 0 unspecified atom stereocenters. The number of hydrogen-bond acceptors (Lipinski definition) is 4. The third-order valence-electron chi connectivity index (χ3n) is 2.42. The molecular weight excluding hydrogens is 202 g/mol. The summed E-state index contributed by atoms with van der Waals surface area (Å²) in [7, 11) is 0. The Hall–Kier alpha value is -1.62. The summed E-state index contributed by atoms with van der Waals surface area (Å²) in [4.78, 5) is 11.7. The van der Waals surface area contributed by atoms with Gasteiger partial charge >= 0.3 is 0 Å². The van der Waals surface area contributed by atoms with Crippen LogP contribution in [0.5, 0.6) is 0 Å². The van der Waals surface area contributed by atoms with E-state index in [2.05, 4.69) is 15.0 Å². The number of pyridine rings is 1. The fourth-order valence-corrected chi connectivity index (χ4v) is 1.52. The van der Waals surface area contributed by atoms with Crippen LogP contribution in [-0.2, 0) is 6.42 Å². The van der Waals surface area contributed by atoms with Gasteiger partial charge < -0.3 is 16.5 Å². The molecule has 0 bridgehead atoms. The number of fused-ring (bicyclic) bond motifs is 1. The van der Waals surface area contributed by atoms with Crippen molar-refractivity contribution in [2.75, 3.05) is 5.73 Å². The van der Waals surface area contributed by atoms with E-state index in [0.29, 0.717) is 11.5 Å². The lowest BCUT2D eigenvalue weighted by Gasteiger charge is -2.16. The van der Waals surface area contributed by atoms with Gasteiger partial charge in [0, 0.05) is 12.0 Å². The van der Waals surface area contributed by atoms with E-state index in [1.807, 2.05) is 19.9 Å². The molecule has 0 radical (unpaired) electrons. The Morgan fingerprint density at radius 2 is 2.06 bits per heavy atom. The summed E-state index contributed by atoms with van der Waals surface area (Å²) < 4.78 is 0. The third kappa shape index (κ3) is 2.49. The van der Waals surface area contributed by atoms with Crippen molar-refractivity contribution in [2.45, 2.75) is 32.2 Å². The van der Waals surface area contributed by atoms with Gasteiger partial charge in [0.1, 0.15) is 11.6 Å². The molecule has 2 heterocycles. The Morgan fingerprint density at radius 1 is 1.31 bits per heavy atom. The van der Waals surface area contributed by atoms with Crippen molar-refractivity contribution in [3.05, 3.63) is 18.0 Å². The van der Waals surface area contributed by atoms with Gasteiger partial charge in [-0.2, -0.15) is 0 Å². The number of imidazole rings is 1. The molecule has 0 amide bonds. The van der Waals surface area contributed by atoms with Crippen LogP contribution in [0.25, 0.3) is 11.2 Å². The Bertz CT molecular complexity index is 495. The number of hydrogen-bond donors (Lipinski definition) is 3. The van der Waals surface area contributed by atoms with Gasteiger partial charge in [0.05, 0.1) is 5.52 Å². The Labute approximate surface area is 94.3 Å². The van der Waals surface area contributed by atoms with Crippen molar-refractivity contribution in [1.82, 2.24) is 15.0 Å². The number of H-pyrrole nitrogens is 1. The normalized spacial score (nSPS) is 12.2. The topological polar surface area (TPSA) is 93.6 Å². The van der Waals surface area contributed by atoms with Gasteiger partial charge in [0.25, 0.3) is 0 Å². The highest BCUT2D eigenvalue weighted by atomic mass is 15.0. The summed E-state index contributed by atoms with van der Waals surface area (Å²) in [6.07, 6.45) is 1.70. The molecule has 86 valence electrons. The van der Waals surface area contributed by atoms with Crippen LogP contribution in [0, 0.1) is 0 Å². The molecule has 5 nitrogen and oxygen atoms in total. The Morgan fingerprint density at radius 3 is 2.75 bits per heavy atom. The number of aromatic amines is 1. The number of nitrogen functional groups attached to an aromatic ring is 1. The van der Waals surface area contributed by atoms with Gasteiger partial charge in [0.2, 0.25) is 0 Å². The highest BCUT2D eigenvalue weighted by molar-refractivity contribution is 5.72. The predicted octanol–water partition coefficient (Wildman–Crippen LogP) is 1.21. The van der Waals surface area contributed by atoms with Crippen molar-refractivity contribution >= 4 is 17.0 Å². The summed E-state index contributed by atoms with van der Waals surface area (Å²) in [6.45, 7) is 4.01. The minimum absolute atomic E-state index is 0.175. The van der Waals surface area contributed by atoms with Crippen LogP contribution in [0.15, 0.2) is 12.1 Å². The average molecular weight is 219 g/mol. The molecule has 0 aliphatic rings. The molecule has 0 aliphatic heterocycles. The molecule has 2 rings (SSSR count). The summed E-state index contributed by atoms with van der Waals surface area (Å²) in [5, 5.41) is 0. The second kappa shape index (κ2) is 3.75. The second-order valence-corrected chi connectivity index (χ2v) is 4.78. The average Bonchev–Trinajstić information content (AvgIpc) is 2.55. The lowest BCUT2D eigenvalue weighted by atomic mass is 10.0. The van der Waals surface area contributed by atoms with Crippen molar-refractivity contribution in [2.24, 2.45) is 5.73 Å². The van der Waals surface area contributed by atoms with Gasteiger partial charge in [-0.1, -0.05) is 0 Å². The van der Waals surface area contributed by atoms with Crippen molar-refractivity contribution in [1.29, 1.82) is 0 Å². The quantitative estimate of drug-likeness (QED) is 0.723. The number of anilines is 1. The number of rotatable bonds is 3. The predicted molar refractivity (Wildman–Crippen MR) is 64.9 cm³/mol. The molecule has 2 aromatic rings. The molecule has 0 aromatic carbocycles. The van der Waals surface area contributed by atoms with Crippen LogP contribution >= 0.6 is 0 Å². The van der Waals surface area contributed by atoms with E-state index < -0.39 is 0 Å². The molecule has 2 aromatic heterocycles. The summed E-state index contributed by atoms with van der Waals surface area (Å²) in [5.74, 6) is 1.40.